The average molecular weight is 401 g/mol. The summed E-state index contributed by atoms with van der Waals surface area (Å²) < 4.78 is 5.56. The summed E-state index contributed by atoms with van der Waals surface area (Å²) in [7, 11) is 0. The smallest absolute Gasteiger partial charge is 0.314 e. The van der Waals surface area contributed by atoms with Crippen LogP contribution in [-0.2, 0) is 16.1 Å². The Labute approximate surface area is 170 Å². The quantitative estimate of drug-likeness (QED) is 0.719. The number of thiophene rings is 1. The van der Waals surface area contributed by atoms with Crippen LogP contribution in [0.5, 0.6) is 0 Å². The van der Waals surface area contributed by atoms with Crippen LogP contribution >= 0.6 is 11.3 Å². The van der Waals surface area contributed by atoms with E-state index in [-0.39, 0.29) is 11.9 Å². The number of likely N-dealkylation sites (tertiary alicyclic amines) is 1. The van der Waals surface area contributed by atoms with E-state index in [4.69, 9.17) is 4.74 Å². The largest absolute Gasteiger partial charge is 0.466 e. The fourth-order valence-electron chi connectivity index (χ4n) is 4.66. The number of nitrogens with zero attached hydrogens (tertiary/aromatic N) is 4. The zero-order valence-corrected chi connectivity index (χ0v) is 17.5. The number of anilines is 1. The molecule has 150 valence electrons. The van der Waals surface area contributed by atoms with Gasteiger partial charge in [0.25, 0.3) is 0 Å². The van der Waals surface area contributed by atoms with Crippen molar-refractivity contribution in [3.8, 4) is 0 Å². The molecule has 2 atom stereocenters. The van der Waals surface area contributed by atoms with Gasteiger partial charge in [-0.15, -0.1) is 11.3 Å². The summed E-state index contributed by atoms with van der Waals surface area (Å²) in [6.07, 6.45) is 5.39. The molecule has 2 aromatic heterocycles. The SMILES string of the molecule is CCOC(=O)[C@@]12CCCN(Cc3ccc(C)s3)C[C@@H]1CN(c1ncccn1)C2. The molecule has 0 bridgehead atoms. The number of hydrogen-bond acceptors (Lipinski definition) is 7. The minimum atomic E-state index is -0.463. The number of fused-ring (bicyclic) bond motifs is 1. The maximum atomic E-state index is 13.1. The monoisotopic (exact) mass is 400 g/mol. The van der Waals surface area contributed by atoms with Crippen molar-refractivity contribution in [1.29, 1.82) is 0 Å². The number of rotatable bonds is 5. The number of hydrogen-bond donors (Lipinski definition) is 0. The van der Waals surface area contributed by atoms with Gasteiger partial charge in [0, 0.05) is 54.2 Å². The molecular weight excluding hydrogens is 372 g/mol. The average Bonchev–Trinajstić information content (AvgIpc) is 3.22. The van der Waals surface area contributed by atoms with Gasteiger partial charge in [0.05, 0.1) is 12.0 Å². The number of carbonyl (C=O) groups is 1. The topological polar surface area (TPSA) is 58.6 Å². The van der Waals surface area contributed by atoms with Crippen molar-refractivity contribution in [2.45, 2.75) is 33.2 Å². The Morgan fingerprint density at radius 3 is 2.86 bits per heavy atom. The molecule has 0 saturated carbocycles. The summed E-state index contributed by atoms with van der Waals surface area (Å²) in [6, 6.07) is 6.23. The van der Waals surface area contributed by atoms with Crippen LogP contribution in [0.15, 0.2) is 30.6 Å². The van der Waals surface area contributed by atoms with Gasteiger partial charge in [0.15, 0.2) is 0 Å². The van der Waals surface area contributed by atoms with Gasteiger partial charge in [0.2, 0.25) is 5.95 Å². The molecule has 28 heavy (non-hydrogen) atoms. The second-order valence-corrected chi connectivity index (χ2v) is 9.23. The zero-order valence-electron chi connectivity index (χ0n) is 16.6. The Morgan fingerprint density at radius 2 is 2.14 bits per heavy atom. The zero-order chi connectivity index (χ0) is 19.6. The molecule has 0 aromatic carbocycles. The summed E-state index contributed by atoms with van der Waals surface area (Å²) in [5.74, 6) is 0.880. The van der Waals surface area contributed by atoms with E-state index < -0.39 is 5.41 Å². The molecule has 0 aliphatic carbocycles. The molecule has 2 aromatic rings. The first-order chi connectivity index (χ1) is 13.6. The highest BCUT2D eigenvalue weighted by Gasteiger charge is 2.54. The van der Waals surface area contributed by atoms with E-state index in [9.17, 15) is 4.79 Å². The maximum absolute atomic E-state index is 13.1. The van der Waals surface area contributed by atoms with Gasteiger partial charge < -0.3 is 9.64 Å². The van der Waals surface area contributed by atoms with Crippen LogP contribution in [0.4, 0.5) is 5.95 Å². The predicted molar refractivity (Wildman–Crippen MR) is 110 cm³/mol. The molecule has 4 heterocycles. The van der Waals surface area contributed by atoms with E-state index in [0.29, 0.717) is 19.1 Å². The van der Waals surface area contributed by atoms with Gasteiger partial charge in [-0.1, -0.05) is 0 Å². The normalized spacial score (nSPS) is 25.4. The van der Waals surface area contributed by atoms with E-state index in [1.807, 2.05) is 24.3 Å². The Balaban J connectivity index is 1.57. The molecule has 0 amide bonds. The molecule has 7 heteroatoms. The lowest BCUT2D eigenvalue weighted by atomic mass is 9.75. The number of aryl methyl sites for hydroxylation is 1. The Morgan fingerprint density at radius 1 is 1.32 bits per heavy atom. The molecule has 0 unspecified atom stereocenters. The van der Waals surface area contributed by atoms with Gasteiger partial charge in [-0.2, -0.15) is 0 Å². The van der Waals surface area contributed by atoms with Gasteiger partial charge in [0.1, 0.15) is 0 Å². The van der Waals surface area contributed by atoms with Gasteiger partial charge in [-0.25, -0.2) is 9.97 Å². The van der Waals surface area contributed by atoms with E-state index in [0.717, 1.165) is 39.0 Å². The summed E-state index contributed by atoms with van der Waals surface area (Å²) >= 11 is 1.86. The highest BCUT2D eigenvalue weighted by molar-refractivity contribution is 7.11. The van der Waals surface area contributed by atoms with Crippen LogP contribution < -0.4 is 4.90 Å². The third-order valence-electron chi connectivity index (χ3n) is 5.96. The van der Waals surface area contributed by atoms with Crippen molar-refractivity contribution in [2.75, 3.05) is 37.7 Å². The summed E-state index contributed by atoms with van der Waals surface area (Å²) in [5, 5.41) is 0. The van der Waals surface area contributed by atoms with Crippen LogP contribution in [-0.4, -0.2) is 53.6 Å². The molecule has 0 N–H and O–H groups in total. The van der Waals surface area contributed by atoms with Crippen LogP contribution in [0.3, 0.4) is 0 Å². The van der Waals surface area contributed by atoms with Gasteiger partial charge >= 0.3 is 5.97 Å². The Hall–Kier alpha value is -1.99. The highest BCUT2D eigenvalue weighted by Crippen LogP contribution is 2.44. The minimum Gasteiger partial charge on any atom is -0.466 e. The lowest BCUT2D eigenvalue weighted by molar-refractivity contribution is -0.157. The van der Waals surface area contributed by atoms with Gasteiger partial charge in [-0.05, 0) is 51.4 Å². The van der Waals surface area contributed by atoms with Crippen molar-refractivity contribution < 1.29 is 9.53 Å². The molecule has 0 radical (unpaired) electrons. The summed E-state index contributed by atoms with van der Waals surface area (Å²) in [6.45, 7) is 8.78. The first-order valence-electron chi connectivity index (χ1n) is 10.1. The van der Waals surface area contributed by atoms with Crippen molar-refractivity contribution in [3.05, 3.63) is 40.3 Å². The molecule has 6 nitrogen and oxygen atoms in total. The number of carbonyl (C=O) groups excluding carboxylic acids is 1. The molecule has 2 aliphatic rings. The fourth-order valence-corrected chi connectivity index (χ4v) is 5.59. The van der Waals surface area contributed by atoms with Crippen molar-refractivity contribution in [3.63, 3.8) is 0 Å². The van der Waals surface area contributed by atoms with Gasteiger partial charge in [-0.3, -0.25) is 9.69 Å². The molecular formula is C21H28N4O2S. The van der Waals surface area contributed by atoms with Crippen LogP contribution in [0.2, 0.25) is 0 Å². The first kappa shape index (κ1) is 19.3. The maximum Gasteiger partial charge on any atom is 0.314 e. The third kappa shape index (κ3) is 3.78. The molecule has 2 saturated heterocycles. The highest BCUT2D eigenvalue weighted by atomic mass is 32.1. The molecule has 2 fully saturated rings. The Kier molecular flexibility index (Phi) is 5.64. The van der Waals surface area contributed by atoms with E-state index in [2.05, 4.69) is 38.8 Å². The minimum absolute atomic E-state index is 0.0488. The van der Waals surface area contributed by atoms with E-state index in [1.165, 1.54) is 9.75 Å². The Bertz CT molecular complexity index is 812. The summed E-state index contributed by atoms with van der Waals surface area (Å²) in [4.78, 5) is 29.3. The van der Waals surface area contributed by atoms with Crippen molar-refractivity contribution in [1.82, 2.24) is 14.9 Å². The fraction of sp³-hybridized carbons (Fsp3) is 0.571. The van der Waals surface area contributed by atoms with E-state index in [1.54, 1.807) is 12.4 Å². The van der Waals surface area contributed by atoms with Crippen molar-refractivity contribution in [2.24, 2.45) is 11.3 Å². The van der Waals surface area contributed by atoms with Crippen LogP contribution in [0.1, 0.15) is 29.5 Å². The number of esters is 1. The third-order valence-corrected chi connectivity index (χ3v) is 6.95. The molecule has 2 aliphatic heterocycles. The molecule has 4 rings (SSSR count). The van der Waals surface area contributed by atoms with Crippen LogP contribution in [0.25, 0.3) is 0 Å². The second kappa shape index (κ2) is 8.17. The number of ether oxygens (including phenoxy) is 1. The van der Waals surface area contributed by atoms with Crippen molar-refractivity contribution >= 4 is 23.3 Å². The predicted octanol–water partition coefficient (Wildman–Crippen LogP) is 3.13. The molecule has 0 spiro atoms. The second-order valence-electron chi connectivity index (χ2n) is 7.85. The first-order valence-corrected chi connectivity index (χ1v) is 10.9. The number of aromatic nitrogens is 2. The lowest BCUT2D eigenvalue weighted by Crippen LogP contribution is -2.42. The summed E-state index contributed by atoms with van der Waals surface area (Å²) in [5.41, 5.74) is -0.463. The van der Waals surface area contributed by atoms with Crippen LogP contribution in [0, 0.1) is 18.3 Å². The lowest BCUT2D eigenvalue weighted by Gasteiger charge is -2.31. The van der Waals surface area contributed by atoms with E-state index >= 15 is 0 Å². The standard InChI is InChI=1S/C21H28N4O2S/c1-3-27-19(26)21-8-4-11-24(14-18-7-6-16(2)28-18)12-17(21)13-25(15-21)20-22-9-5-10-23-20/h5-7,9-10,17H,3-4,8,11-15H2,1-2H3/t17-,21-/m1/s1.